The maximum Gasteiger partial charge on any atom is 0.269 e. The van der Waals surface area contributed by atoms with Crippen LogP contribution in [0.1, 0.15) is 16.5 Å². The number of ether oxygens (including phenoxy) is 1. The lowest BCUT2D eigenvalue weighted by Crippen LogP contribution is -2.32. The van der Waals surface area contributed by atoms with E-state index in [2.05, 4.69) is 5.32 Å². The van der Waals surface area contributed by atoms with E-state index in [-0.39, 0.29) is 24.0 Å². The highest BCUT2D eigenvalue weighted by molar-refractivity contribution is 7.10. The van der Waals surface area contributed by atoms with Gasteiger partial charge in [0, 0.05) is 17.0 Å². The molecule has 3 aromatic rings. The second-order valence-corrected chi connectivity index (χ2v) is 6.59. The van der Waals surface area contributed by atoms with Gasteiger partial charge in [0.25, 0.3) is 11.6 Å². The molecule has 0 aliphatic heterocycles. The minimum Gasteiger partial charge on any atom is -0.484 e. The molecular formula is C19H15FN2O4S. The second kappa shape index (κ2) is 8.41. The largest absolute Gasteiger partial charge is 0.484 e. The number of halogens is 1. The second-order valence-electron chi connectivity index (χ2n) is 5.61. The topological polar surface area (TPSA) is 81.5 Å². The number of amides is 1. The summed E-state index contributed by atoms with van der Waals surface area (Å²) in [7, 11) is 0. The molecule has 1 aromatic heterocycles. The van der Waals surface area contributed by atoms with Crippen molar-refractivity contribution in [1.29, 1.82) is 0 Å². The van der Waals surface area contributed by atoms with Crippen LogP contribution in [0.3, 0.4) is 0 Å². The van der Waals surface area contributed by atoms with Crippen molar-refractivity contribution in [2.24, 2.45) is 0 Å². The van der Waals surface area contributed by atoms with Gasteiger partial charge in [-0.1, -0.05) is 18.2 Å². The number of benzene rings is 2. The van der Waals surface area contributed by atoms with Gasteiger partial charge in [0.05, 0.1) is 11.0 Å². The Morgan fingerprint density at radius 3 is 2.44 bits per heavy atom. The standard InChI is InChI=1S/C19H15FN2O4S/c20-14-5-3-13(4-6-14)19(17-2-1-11-27-17)21-18(23)12-26-16-9-7-15(8-10-16)22(24)25/h1-11,19H,12H2,(H,21,23)/t19-/m0/s1. The van der Waals surface area contributed by atoms with E-state index in [1.165, 1.54) is 47.7 Å². The van der Waals surface area contributed by atoms with E-state index in [0.29, 0.717) is 5.75 Å². The molecule has 0 aliphatic carbocycles. The Morgan fingerprint density at radius 1 is 1.15 bits per heavy atom. The number of nitro benzene ring substituents is 1. The molecule has 3 rings (SSSR count). The minimum absolute atomic E-state index is 0.0547. The number of hydrogen-bond acceptors (Lipinski definition) is 5. The number of nitrogens with zero attached hydrogens (tertiary/aromatic N) is 1. The number of carbonyl (C=O) groups excluding carboxylic acids is 1. The molecule has 0 unspecified atom stereocenters. The van der Waals surface area contributed by atoms with Gasteiger partial charge in [0.15, 0.2) is 6.61 Å². The number of nitrogens with one attached hydrogen (secondary N) is 1. The fourth-order valence-corrected chi connectivity index (χ4v) is 3.25. The molecule has 0 spiro atoms. The minimum atomic E-state index is -0.509. The van der Waals surface area contributed by atoms with Crippen LogP contribution in [0.25, 0.3) is 0 Å². The fourth-order valence-electron chi connectivity index (χ4n) is 2.45. The lowest BCUT2D eigenvalue weighted by atomic mass is 10.1. The average molecular weight is 386 g/mol. The number of non-ortho nitro benzene ring substituents is 1. The number of hydrogen-bond donors (Lipinski definition) is 1. The SMILES string of the molecule is O=C(COc1ccc([N+](=O)[O-])cc1)N[C@@H](c1ccc(F)cc1)c1cccs1. The van der Waals surface area contributed by atoms with E-state index in [9.17, 15) is 19.3 Å². The molecule has 138 valence electrons. The summed E-state index contributed by atoms with van der Waals surface area (Å²) in [4.78, 5) is 23.4. The number of rotatable bonds is 7. The molecule has 1 N–H and O–H groups in total. The molecule has 1 heterocycles. The summed E-state index contributed by atoms with van der Waals surface area (Å²) in [6.07, 6.45) is 0. The van der Waals surface area contributed by atoms with Crippen molar-refractivity contribution < 1.29 is 18.8 Å². The number of carbonyl (C=O) groups is 1. The monoisotopic (exact) mass is 386 g/mol. The average Bonchev–Trinajstić information content (AvgIpc) is 3.20. The van der Waals surface area contributed by atoms with Crippen LogP contribution in [0.2, 0.25) is 0 Å². The smallest absolute Gasteiger partial charge is 0.269 e. The first-order valence-electron chi connectivity index (χ1n) is 7.98. The third kappa shape index (κ3) is 4.89. The van der Waals surface area contributed by atoms with Gasteiger partial charge in [0.1, 0.15) is 11.6 Å². The third-order valence-corrected chi connectivity index (χ3v) is 4.69. The zero-order valence-corrected chi connectivity index (χ0v) is 14.8. The highest BCUT2D eigenvalue weighted by Crippen LogP contribution is 2.26. The summed E-state index contributed by atoms with van der Waals surface area (Å²) in [6, 6.07) is 14.7. The van der Waals surface area contributed by atoms with Gasteiger partial charge in [-0.2, -0.15) is 0 Å². The molecule has 8 heteroatoms. The molecular weight excluding hydrogens is 371 g/mol. The fraction of sp³-hybridized carbons (Fsp3) is 0.105. The summed E-state index contributed by atoms with van der Waals surface area (Å²) < 4.78 is 18.6. The molecule has 6 nitrogen and oxygen atoms in total. The van der Waals surface area contributed by atoms with E-state index in [1.807, 2.05) is 17.5 Å². The van der Waals surface area contributed by atoms with Crippen LogP contribution < -0.4 is 10.1 Å². The van der Waals surface area contributed by atoms with Crippen LogP contribution in [-0.4, -0.2) is 17.4 Å². The van der Waals surface area contributed by atoms with E-state index in [1.54, 1.807) is 12.1 Å². The maximum atomic E-state index is 13.2. The van der Waals surface area contributed by atoms with Crippen molar-refractivity contribution >= 4 is 22.9 Å². The van der Waals surface area contributed by atoms with Gasteiger partial charge in [-0.05, 0) is 41.3 Å². The molecule has 1 amide bonds. The normalized spacial score (nSPS) is 11.6. The summed E-state index contributed by atoms with van der Waals surface area (Å²) in [5.74, 6) is -0.363. The van der Waals surface area contributed by atoms with Crippen LogP contribution in [-0.2, 0) is 4.79 Å². The van der Waals surface area contributed by atoms with Crippen molar-refractivity contribution in [1.82, 2.24) is 5.32 Å². The molecule has 2 aromatic carbocycles. The molecule has 0 radical (unpaired) electrons. The van der Waals surface area contributed by atoms with E-state index in [0.717, 1.165) is 10.4 Å². The Morgan fingerprint density at radius 2 is 1.85 bits per heavy atom. The van der Waals surface area contributed by atoms with Crippen molar-refractivity contribution in [2.45, 2.75) is 6.04 Å². The molecule has 0 fully saturated rings. The van der Waals surface area contributed by atoms with E-state index in [4.69, 9.17) is 4.74 Å². The zero-order chi connectivity index (χ0) is 19.2. The summed E-state index contributed by atoms with van der Waals surface area (Å²) in [5.41, 5.74) is 0.698. The number of nitro groups is 1. The molecule has 27 heavy (non-hydrogen) atoms. The zero-order valence-electron chi connectivity index (χ0n) is 14.0. The maximum absolute atomic E-state index is 13.2. The van der Waals surface area contributed by atoms with Crippen molar-refractivity contribution in [2.75, 3.05) is 6.61 Å². The molecule has 1 atom stereocenters. The van der Waals surface area contributed by atoms with Crippen LogP contribution in [0, 0.1) is 15.9 Å². The van der Waals surface area contributed by atoms with Gasteiger partial charge in [-0.3, -0.25) is 14.9 Å². The highest BCUT2D eigenvalue weighted by Gasteiger charge is 2.18. The van der Waals surface area contributed by atoms with Crippen molar-refractivity contribution in [3.05, 3.63) is 92.4 Å². The van der Waals surface area contributed by atoms with Crippen LogP contribution in [0.4, 0.5) is 10.1 Å². The predicted molar refractivity (Wildman–Crippen MR) is 99.3 cm³/mol. The Labute approximate surface area is 158 Å². The van der Waals surface area contributed by atoms with Crippen LogP contribution in [0.15, 0.2) is 66.0 Å². The van der Waals surface area contributed by atoms with Gasteiger partial charge >= 0.3 is 0 Å². The lowest BCUT2D eigenvalue weighted by Gasteiger charge is -2.18. The van der Waals surface area contributed by atoms with Gasteiger partial charge in [0.2, 0.25) is 0 Å². The van der Waals surface area contributed by atoms with Gasteiger partial charge in [-0.15, -0.1) is 11.3 Å². The van der Waals surface area contributed by atoms with Crippen molar-refractivity contribution in [3.8, 4) is 5.75 Å². The first kappa shape index (κ1) is 18.5. The van der Waals surface area contributed by atoms with Crippen LogP contribution in [0.5, 0.6) is 5.75 Å². The van der Waals surface area contributed by atoms with Gasteiger partial charge < -0.3 is 10.1 Å². The van der Waals surface area contributed by atoms with E-state index >= 15 is 0 Å². The Bertz CT molecular complexity index is 912. The van der Waals surface area contributed by atoms with Crippen molar-refractivity contribution in [3.63, 3.8) is 0 Å². The quantitative estimate of drug-likeness (QED) is 0.490. The molecule has 0 saturated carbocycles. The lowest BCUT2D eigenvalue weighted by molar-refractivity contribution is -0.384. The van der Waals surface area contributed by atoms with Crippen LogP contribution >= 0.6 is 11.3 Å². The predicted octanol–water partition coefficient (Wildman–Crippen LogP) is 4.08. The Kier molecular flexibility index (Phi) is 5.77. The summed E-state index contributed by atoms with van der Waals surface area (Å²) >= 11 is 1.48. The third-order valence-electron chi connectivity index (χ3n) is 3.75. The Hall–Kier alpha value is -3.26. The summed E-state index contributed by atoms with van der Waals surface area (Å²) in [5, 5.41) is 15.4. The summed E-state index contributed by atoms with van der Waals surface area (Å²) in [6.45, 7) is -0.249. The molecule has 0 aliphatic rings. The van der Waals surface area contributed by atoms with Gasteiger partial charge in [-0.25, -0.2) is 4.39 Å². The molecule has 0 saturated heterocycles. The first-order valence-corrected chi connectivity index (χ1v) is 8.86. The number of thiophene rings is 1. The van der Waals surface area contributed by atoms with E-state index < -0.39 is 11.0 Å². The molecule has 0 bridgehead atoms. The highest BCUT2D eigenvalue weighted by atomic mass is 32.1. The first-order chi connectivity index (χ1) is 13.0. The Balaban J connectivity index is 1.66.